The summed E-state index contributed by atoms with van der Waals surface area (Å²) in [7, 11) is 0. The molecule has 0 aromatic heterocycles. The molecule has 0 amide bonds. The molecular weight excluding hydrogens is 238 g/mol. The standard InChI is InChI=1S/C16H25NO2/c1-3-19-16-10-13(7-8-15(16)18)11-17-14-6-4-5-12(2)9-14/h7-8,10,12,14,17-18H,3-6,9,11H2,1-2H3. The summed E-state index contributed by atoms with van der Waals surface area (Å²) >= 11 is 0. The minimum absolute atomic E-state index is 0.219. The molecule has 19 heavy (non-hydrogen) atoms. The maximum Gasteiger partial charge on any atom is 0.161 e. The van der Waals surface area contributed by atoms with Gasteiger partial charge in [0.25, 0.3) is 0 Å². The van der Waals surface area contributed by atoms with E-state index >= 15 is 0 Å². The van der Waals surface area contributed by atoms with Crippen molar-refractivity contribution < 1.29 is 9.84 Å². The SMILES string of the molecule is CCOc1cc(CNC2CCCC(C)C2)ccc1O. The van der Waals surface area contributed by atoms with E-state index < -0.39 is 0 Å². The van der Waals surface area contributed by atoms with Crippen molar-refractivity contribution in [1.29, 1.82) is 0 Å². The molecule has 3 nitrogen and oxygen atoms in total. The molecule has 0 aliphatic heterocycles. The number of nitrogens with one attached hydrogen (secondary N) is 1. The van der Waals surface area contributed by atoms with Crippen LogP contribution >= 0.6 is 0 Å². The normalized spacial score (nSPS) is 23.3. The average molecular weight is 263 g/mol. The number of phenolic OH excluding ortho intramolecular Hbond substituents is 1. The van der Waals surface area contributed by atoms with E-state index in [0.717, 1.165) is 12.5 Å². The Labute approximate surface area is 116 Å². The van der Waals surface area contributed by atoms with E-state index in [1.807, 2.05) is 19.1 Å². The molecule has 2 N–H and O–H groups in total. The summed E-state index contributed by atoms with van der Waals surface area (Å²) in [5.74, 6) is 1.64. The van der Waals surface area contributed by atoms with E-state index in [4.69, 9.17) is 4.74 Å². The highest BCUT2D eigenvalue weighted by atomic mass is 16.5. The zero-order chi connectivity index (χ0) is 13.7. The molecule has 0 saturated heterocycles. The van der Waals surface area contributed by atoms with Crippen molar-refractivity contribution in [1.82, 2.24) is 5.32 Å². The molecule has 2 unspecified atom stereocenters. The van der Waals surface area contributed by atoms with Crippen LogP contribution in [0.15, 0.2) is 18.2 Å². The van der Waals surface area contributed by atoms with Gasteiger partial charge in [-0.05, 0) is 43.4 Å². The first-order valence-electron chi connectivity index (χ1n) is 7.37. The molecule has 1 saturated carbocycles. The number of phenols is 1. The van der Waals surface area contributed by atoms with Gasteiger partial charge in [0.05, 0.1) is 6.61 Å². The van der Waals surface area contributed by atoms with Crippen molar-refractivity contribution >= 4 is 0 Å². The second kappa shape index (κ2) is 6.80. The fraction of sp³-hybridized carbons (Fsp3) is 0.625. The van der Waals surface area contributed by atoms with Crippen molar-refractivity contribution in [2.24, 2.45) is 5.92 Å². The molecule has 0 spiro atoms. The fourth-order valence-electron chi connectivity index (χ4n) is 2.82. The highest BCUT2D eigenvalue weighted by Crippen LogP contribution is 2.27. The lowest BCUT2D eigenvalue weighted by Gasteiger charge is -2.27. The molecule has 1 aromatic carbocycles. The largest absolute Gasteiger partial charge is 0.504 e. The first-order chi connectivity index (χ1) is 9.19. The molecule has 2 rings (SSSR count). The van der Waals surface area contributed by atoms with Gasteiger partial charge in [-0.1, -0.05) is 25.8 Å². The summed E-state index contributed by atoms with van der Waals surface area (Å²) in [4.78, 5) is 0. The van der Waals surface area contributed by atoms with Crippen LogP contribution in [-0.2, 0) is 6.54 Å². The number of hydrogen-bond donors (Lipinski definition) is 2. The van der Waals surface area contributed by atoms with Crippen LogP contribution in [0.1, 0.15) is 45.1 Å². The maximum absolute atomic E-state index is 9.67. The van der Waals surface area contributed by atoms with Crippen molar-refractivity contribution in [3.05, 3.63) is 23.8 Å². The molecule has 0 radical (unpaired) electrons. The lowest BCUT2D eigenvalue weighted by molar-refractivity contribution is 0.299. The van der Waals surface area contributed by atoms with E-state index in [9.17, 15) is 5.11 Å². The molecule has 0 heterocycles. The van der Waals surface area contributed by atoms with E-state index in [0.29, 0.717) is 18.4 Å². The Morgan fingerprint density at radius 2 is 2.21 bits per heavy atom. The molecule has 1 aromatic rings. The van der Waals surface area contributed by atoms with Crippen molar-refractivity contribution in [2.75, 3.05) is 6.61 Å². The zero-order valence-electron chi connectivity index (χ0n) is 12.0. The molecule has 1 aliphatic rings. The molecule has 1 aliphatic carbocycles. The monoisotopic (exact) mass is 263 g/mol. The van der Waals surface area contributed by atoms with Gasteiger partial charge >= 0.3 is 0 Å². The number of aromatic hydroxyl groups is 1. The second-order valence-electron chi connectivity index (χ2n) is 5.58. The van der Waals surface area contributed by atoms with Crippen molar-refractivity contribution in [3.63, 3.8) is 0 Å². The fourth-order valence-corrected chi connectivity index (χ4v) is 2.82. The molecule has 0 bridgehead atoms. The Morgan fingerprint density at radius 1 is 1.37 bits per heavy atom. The van der Waals surface area contributed by atoms with Crippen molar-refractivity contribution in [3.8, 4) is 11.5 Å². The first kappa shape index (κ1) is 14.2. The van der Waals surface area contributed by atoms with Gasteiger partial charge in [-0.2, -0.15) is 0 Å². The third-order valence-corrected chi connectivity index (χ3v) is 3.86. The summed E-state index contributed by atoms with van der Waals surface area (Å²) < 4.78 is 5.41. The highest BCUT2D eigenvalue weighted by molar-refractivity contribution is 5.41. The third-order valence-electron chi connectivity index (χ3n) is 3.86. The number of ether oxygens (including phenoxy) is 1. The lowest BCUT2D eigenvalue weighted by Crippen LogP contribution is -2.33. The van der Waals surface area contributed by atoms with E-state index in [-0.39, 0.29) is 5.75 Å². The van der Waals surface area contributed by atoms with Gasteiger partial charge in [0.15, 0.2) is 11.5 Å². The van der Waals surface area contributed by atoms with E-state index in [2.05, 4.69) is 12.2 Å². The van der Waals surface area contributed by atoms with Gasteiger partial charge in [-0.3, -0.25) is 0 Å². The summed E-state index contributed by atoms with van der Waals surface area (Å²) in [6, 6.07) is 6.23. The topological polar surface area (TPSA) is 41.5 Å². The van der Waals surface area contributed by atoms with Gasteiger partial charge in [0.1, 0.15) is 0 Å². The van der Waals surface area contributed by atoms with E-state index in [1.54, 1.807) is 6.07 Å². The van der Waals surface area contributed by atoms with Crippen LogP contribution in [0.4, 0.5) is 0 Å². The summed E-state index contributed by atoms with van der Waals surface area (Å²) in [5, 5.41) is 13.3. The molecule has 3 heteroatoms. The predicted octanol–water partition coefficient (Wildman–Crippen LogP) is 3.46. The van der Waals surface area contributed by atoms with Crippen LogP contribution in [0.3, 0.4) is 0 Å². The predicted molar refractivity (Wildman–Crippen MR) is 77.5 cm³/mol. The minimum atomic E-state index is 0.219. The van der Waals surface area contributed by atoms with Crippen LogP contribution in [0.5, 0.6) is 11.5 Å². The quantitative estimate of drug-likeness (QED) is 0.855. The van der Waals surface area contributed by atoms with Crippen molar-refractivity contribution in [2.45, 2.75) is 52.1 Å². The smallest absolute Gasteiger partial charge is 0.161 e. The first-order valence-corrected chi connectivity index (χ1v) is 7.37. The summed E-state index contributed by atoms with van der Waals surface area (Å²) in [6.45, 7) is 5.68. The summed E-state index contributed by atoms with van der Waals surface area (Å²) in [5.41, 5.74) is 1.17. The van der Waals surface area contributed by atoms with Crippen LogP contribution in [0.2, 0.25) is 0 Å². The van der Waals surface area contributed by atoms with Crippen LogP contribution in [0, 0.1) is 5.92 Å². The van der Waals surface area contributed by atoms with Gasteiger partial charge in [0, 0.05) is 12.6 Å². The Kier molecular flexibility index (Phi) is 5.08. The maximum atomic E-state index is 9.67. The van der Waals surface area contributed by atoms with Gasteiger partial charge < -0.3 is 15.2 Å². The third kappa shape index (κ3) is 4.13. The average Bonchev–Trinajstić information content (AvgIpc) is 2.40. The number of hydrogen-bond acceptors (Lipinski definition) is 3. The Hall–Kier alpha value is -1.22. The Bertz CT molecular complexity index is 406. The highest BCUT2D eigenvalue weighted by Gasteiger charge is 2.18. The van der Waals surface area contributed by atoms with E-state index in [1.165, 1.54) is 31.2 Å². The Balaban J connectivity index is 1.90. The summed E-state index contributed by atoms with van der Waals surface area (Å²) in [6.07, 6.45) is 5.25. The molecular formula is C16H25NO2. The van der Waals surface area contributed by atoms with Gasteiger partial charge in [0.2, 0.25) is 0 Å². The zero-order valence-corrected chi connectivity index (χ0v) is 12.0. The molecule has 1 fully saturated rings. The van der Waals surface area contributed by atoms with Crippen LogP contribution in [0.25, 0.3) is 0 Å². The number of benzene rings is 1. The van der Waals surface area contributed by atoms with Crippen LogP contribution in [-0.4, -0.2) is 17.8 Å². The Morgan fingerprint density at radius 3 is 2.95 bits per heavy atom. The van der Waals surface area contributed by atoms with Gasteiger partial charge in [-0.25, -0.2) is 0 Å². The minimum Gasteiger partial charge on any atom is -0.504 e. The molecule has 106 valence electrons. The van der Waals surface area contributed by atoms with Crippen LogP contribution < -0.4 is 10.1 Å². The molecule has 2 atom stereocenters. The lowest BCUT2D eigenvalue weighted by atomic mass is 9.87. The second-order valence-corrected chi connectivity index (χ2v) is 5.58. The van der Waals surface area contributed by atoms with Gasteiger partial charge in [-0.15, -0.1) is 0 Å². The number of rotatable bonds is 5.